The standard InChI is InChI=1S/C12H9Cl2N3O3S/c1-5-4-15-12(21-5)17-11(20)16-9-7(13)2-6(10(18)19)3-8(9)14/h2-4H,1H3,(H,18,19)(H2,15,16,17,20). The Morgan fingerprint density at radius 1 is 1.24 bits per heavy atom. The maximum atomic E-state index is 11.8. The predicted molar refractivity (Wildman–Crippen MR) is 82.9 cm³/mol. The zero-order valence-electron chi connectivity index (χ0n) is 10.6. The zero-order chi connectivity index (χ0) is 15.6. The second-order valence-corrected chi connectivity index (χ2v) is 6.02. The number of aryl methyl sites for hydroxylation is 1. The molecule has 0 aliphatic heterocycles. The number of carboxylic acids is 1. The lowest BCUT2D eigenvalue weighted by Crippen LogP contribution is -2.20. The van der Waals surface area contributed by atoms with Gasteiger partial charge in [-0.3, -0.25) is 5.32 Å². The number of rotatable bonds is 3. The minimum absolute atomic E-state index is 0.0327. The van der Waals surface area contributed by atoms with Crippen LogP contribution >= 0.6 is 34.5 Å². The Balaban J connectivity index is 2.15. The fraction of sp³-hybridized carbons (Fsp3) is 0.0833. The van der Waals surface area contributed by atoms with Gasteiger partial charge in [-0.25, -0.2) is 14.6 Å². The van der Waals surface area contributed by atoms with E-state index in [9.17, 15) is 9.59 Å². The molecule has 0 atom stereocenters. The third kappa shape index (κ3) is 3.84. The molecule has 0 saturated carbocycles. The molecule has 21 heavy (non-hydrogen) atoms. The number of urea groups is 1. The van der Waals surface area contributed by atoms with E-state index in [0.29, 0.717) is 5.13 Å². The van der Waals surface area contributed by atoms with Crippen LogP contribution < -0.4 is 10.6 Å². The molecule has 1 aromatic carbocycles. The number of nitrogens with one attached hydrogen (secondary N) is 2. The number of hydrogen-bond acceptors (Lipinski definition) is 4. The molecule has 1 heterocycles. The molecule has 0 radical (unpaired) electrons. The van der Waals surface area contributed by atoms with Gasteiger partial charge in [0.05, 0.1) is 21.3 Å². The number of aromatic carboxylic acids is 1. The van der Waals surface area contributed by atoms with Crippen LogP contribution in [-0.2, 0) is 0 Å². The second-order valence-electron chi connectivity index (χ2n) is 3.98. The van der Waals surface area contributed by atoms with E-state index < -0.39 is 12.0 Å². The van der Waals surface area contributed by atoms with E-state index in [-0.39, 0.29) is 21.3 Å². The number of amides is 2. The highest BCUT2D eigenvalue weighted by Gasteiger charge is 2.15. The molecule has 0 spiro atoms. The summed E-state index contributed by atoms with van der Waals surface area (Å²) >= 11 is 13.2. The number of carbonyl (C=O) groups excluding carboxylic acids is 1. The van der Waals surface area contributed by atoms with Crippen LogP contribution in [0, 0.1) is 6.92 Å². The van der Waals surface area contributed by atoms with Crippen LogP contribution in [0.5, 0.6) is 0 Å². The monoisotopic (exact) mass is 345 g/mol. The molecule has 0 aliphatic rings. The van der Waals surface area contributed by atoms with Crippen molar-refractivity contribution in [3.05, 3.63) is 38.8 Å². The fourth-order valence-electron chi connectivity index (χ4n) is 1.47. The summed E-state index contributed by atoms with van der Waals surface area (Å²) in [6, 6.07) is 1.84. The number of anilines is 2. The Morgan fingerprint density at radius 3 is 2.33 bits per heavy atom. The lowest BCUT2D eigenvalue weighted by Gasteiger charge is -2.10. The van der Waals surface area contributed by atoms with Crippen LogP contribution in [0.4, 0.5) is 15.6 Å². The van der Waals surface area contributed by atoms with Crippen LogP contribution in [0.15, 0.2) is 18.3 Å². The summed E-state index contributed by atoms with van der Waals surface area (Å²) in [6.45, 7) is 1.86. The van der Waals surface area contributed by atoms with Gasteiger partial charge in [0.2, 0.25) is 0 Å². The SMILES string of the molecule is Cc1cnc(NC(=O)Nc2c(Cl)cc(C(=O)O)cc2Cl)s1. The van der Waals surface area contributed by atoms with Crippen molar-refractivity contribution in [2.24, 2.45) is 0 Å². The number of thiazole rings is 1. The fourth-order valence-corrected chi connectivity index (χ4v) is 2.71. The van der Waals surface area contributed by atoms with Gasteiger partial charge in [-0.15, -0.1) is 11.3 Å². The van der Waals surface area contributed by atoms with E-state index in [1.165, 1.54) is 23.5 Å². The molecule has 0 unspecified atom stereocenters. The molecule has 1 aromatic heterocycles. The van der Waals surface area contributed by atoms with Gasteiger partial charge in [-0.2, -0.15) is 0 Å². The van der Waals surface area contributed by atoms with E-state index in [1.807, 2.05) is 6.92 Å². The van der Waals surface area contributed by atoms with Gasteiger partial charge in [0.25, 0.3) is 0 Å². The number of benzene rings is 1. The Labute approximate surface area is 133 Å². The van der Waals surface area contributed by atoms with E-state index >= 15 is 0 Å². The first-order chi connectivity index (χ1) is 9.86. The van der Waals surface area contributed by atoms with Gasteiger partial charge in [0.1, 0.15) is 0 Å². The summed E-state index contributed by atoms with van der Waals surface area (Å²) in [5.74, 6) is -1.16. The molecule has 9 heteroatoms. The summed E-state index contributed by atoms with van der Waals surface area (Å²) in [4.78, 5) is 27.6. The normalized spacial score (nSPS) is 10.2. The van der Waals surface area contributed by atoms with Gasteiger partial charge in [0, 0.05) is 11.1 Å². The molecule has 0 saturated heterocycles. The maximum absolute atomic E-state index is 11.8. The van der Waals surface area contributed by atoms with Crippen molar-refractivity contribution in [2.75, 3.05) is 10.6 Å². The van der Waals surface area contributed by atoms with E-state index in [2.05, 4.69) is 15.6 Å². The Bertz CT molecular complexity index is 695. The molecular weight excluding hydrogens is 337 g/mol. The highest BCUT2D eigenvalue weighted by Crippen LogP contribution is 2.32. The molecule has 2 amide bonds. The average molecular weight is 346 g/mol. The molecule has 0 fully saturated rings. The van der Waals surface area contributed by atoms with Gasteiger partial charge >= 0.3 is 12.0 Å². The minimum Gasteiger partial charge on any atom is -0.478 e. The van der Waals surface area contributed by atoms with Crippen LogP contribution in [-0.4, -0.2) is 22.1 Å². The summed E-state index contributed by atoms with van der Waals surface area (Å²) in [5, 5.41) is 14.4. The first-order valence-corrected chi connectivity index (χ1v) is 7.17. The maximum Gasteiger partial charge on any atom is 0.335 e. The van der Waals surface area contributed by atoms with E-state index in [0.717, 1.165) is 4.88 Å². The van der Waals surface area contributed by atoms with Crippen molar-refractivity contribution in [3.8, 4) is 0 Å². The Hall–Kier alpha value is -1.83. The predicted octanol–water partition coefficient (Wildman–Crippen LogP) is 4.10. The third-order valence-electron chi connectivity index (χ3n) is 2.37. The number of aromatic nitrogens is 1. The summed E-state index contributed by atoms with van der Waals surface area (Å²) in [6.07, 6.45) is 1.63. The molecule has 0 bridgehead atoms. The summed E-state index contributed by atoms with van der Waals surface area (Å²) < 4.78 is 0. The van der Waals surface area contributed by atoms with Crippen molar-refractivity contribution in [2.45, 2.75) is 6.92 Å². The third-order valence-corrected chi connectivity index (χ3v) is 3.79. The molecule has 3 N–H and O–H groups in total. The number of halogens is 2. The van der Waals surface area contributed by atoms with Gasteiger partial charge in [-0.1, -0.05) is 23.2 Å². The van der Waals surface area contributed by atoms with E-state index in [4.69, 9.17) is 28.3 Å². The van der Waals surface area contributed by atoms with Crippen molar-refractivity contribution < 1.29 is 14.7 Å². The summed E-state index contributed by atoms with van der Waals surface area (Å²) in [7, 11) is 0. The van der Waals surface area contributed by atoms with Gasteiger partial charge in [0.15, 0.2) is 5.13 Å². The van der Waals surface area contributed by atoms with E-state index in [1.54, 1.807) is 6.20 Å². The lowest BCUT2D eigenvalue weighted by molar-refractivity contribution is 0.0697. The van der Waals surface area contributed by atoms with Crippen molar-refractivity contribution in [1.82, 2.24) is 4.98 Å². The average Bonchev–Trinajstić information content (AvgIpc) is 2.78. The topological polar surface area (TPSA) is 91.3 Å². The molecule has 0 aliphatic carbocycles. The van der Waals surface area contributed by atoms with Gasteiger partial charge in [-0.05, 0) is 19.1 Å². The zero-order valence-corrected chi connectivity index (χ0v) is 12.9. The highest BCUT2D eigenvalue weighted by molar-refractivity contribution is 7.15. The number of hydrogen-bond donors (Lipinski definition) is 3. The largest absolute Gasteiger partial charge is 0.478 e. The first kappa shape index (κ1) is 15.6. The molecule has 2 rings (SSSR count). The van der Waals surface area contributed by atoms with Crippen molar-refractivity contribution in [3.63, 3.8) is 0 Å². The highest BCUT2D eigenvalue weighted by atomic mass is 35.5. The second kappa shape index (κ2) is 6.30. The lowest BCUT2D eigenvalue weighted by atomic mass is 10.2. The summed E-state index contributed by atoms with van der Waals surface area (Å²) in [5.41, 5.74) is 0.0700. The Morgan fingerprint density at radius 2 is 1.86 bits per heavy atom. The van der Waals surface area contributed by atoms with Crippen LogP contribution in [0.3, 0.4) is 0 Å². The number of carbonyl (C=O) groups is 2. The number of nitrogens with zero attached hydrogens (tertiary/aromatic N) is 1. The Kier molecular flexibility index (Phi) is 4.66. The molecule has 6 nitrogen and oxygen atoms in total. The quantitative estimate of drug-likeness (QED) is 0.780. The van der Waals surface area contributed by atoms with Crippen molar-refractivity contribution in [1.29, 1.82) is 0 Å². The van der Waals surface area contributed by atoms with Crippen LogP contribution in [0.2, 0.25) is 10.0 Å². The van der Waals surface area contributed by atoms with Crippen LogP contribution in [0.1, 0.15) is 15.2 Å². The number of carboxylic acid groups (broad SMARTS) is 1. The molecule has 110 valence electrons. The molecule has 2 aromatic rings. The first-order valence-electron chi connectivity index (χ1n) is 5.59. The smallest absolute Gasteiger partial charge is 0.335 e. The van der Waals surface area contributed by atoms with Gasteiger partial charge < -0.3 is 10.4 Å². The molecular formula is C12H9Cl2N3O3S. The minimum atomic E-state index is -1.16. The van der Waals surface area contributed by atoms with Crippen LogP contribution in [0.25, 0.3) is 0 Å². The van der Waals surface area contributed by atoms with Crippen molar-refractivity contribution >= 4 is 57.4 Å².